The molecule has 0 heterocycles. The quantitative estimate of drug-likeness (QED) is 0.869. The molecular weight excluding hydrogens is 234 g/mol. The predicted octanol–water partition coefficient (Wildman–Crippen LogP) is 3.34. The standard InChI is InChI=1S/C14H14ClNO/c15-13-5-1-3-11(7-13)9-16-10-12-4-2-6-14(17)8-12/h1-8,16-17H,9-10H2. The third-order valence-electron chi connectivity index (χ3n) is 2.46. The number of hydrogen-bond acceptors (Lipinski definition) is 2. The maximum absolute atomic E-state index is 9.32. The topological polar surface area (TPSA) is 32.3 Å². The highest BCUT2D eigenvalue weighted by Gasteiger charge is 1.96. The maximum Gasteiger partial charge on any atom is 0.115 e. The van der Waals surface area contributed by atoms with Crippen molar-refractivity contribution in [2.75, 3.05) is 0 Å². The first-order valence-electron chi connectivity index (χ1n) is 5.47. The third kappa shape index (κ3) is 3.77. The maximum atomic E-state index is 9.32. The average Bonchev–Trinajstić information content (AvgIpc) is 2.29. The minimum absolute atomic E-state index is 0.298. The number of aromatic hydroxyl groups is 1. The summed E-state index contributed by atoms with van der Waals surface area (Å²) in [6, 6.07) is 15.0. The smallest absolute Gasteiger partial charge is 0.115 e. The van der Waals surface area contributed by atoms with Crippen molar-refractivity contribution < 1.29 is 5.11 Å². The highest BCUT2D eigenvalue weighted by atomic mass is 35.5. The summed E-state index contributed by atoms with van der Waals surface area (Å²) in [5, 5.41) is 13.4. The van der Waals surface area contributed by atoms with Crippen molar-refractivity contribution in [3.8, 4) is 5.75 Å². The molecule has 0 aliphatic rings. The SMILES string of the molecule is Oc1cccc(CNCc2cccc(Cl)c2)c1. The van der Waals surface area contributed by atoms with Gasteiger partial charge in [0.1, 0.15) is 5.75 Å². The van der Waals surface area contributed by atoms with E-state index in [1.54, 1.807) is 12.1 Å². The molecule has 2 aromatic carbocycles. The molecule has 0 fully saturated rings. The highest BCUT2D eigenvalue weighted by molar-refractivity contribution is 6.30. The van der Waals surface area contributed by atoms with Gasteiger partial charge in [0.05, 0.1) is 0 Å². The van der Waals surface area contributed by atoms with Crippen molar-refractivity contribution in [1.82, 2.24) is 5.32 Å². The van der Waals surface area contributed by atoms with E-state index in [1.807, 2.05) is 36.4 Å². The van der Waals surface area contributed by atoms with Crippen LogP contribution in [-0.4, -0.2) is 5.11 Å². The summed E-state index contributed by atoms with van der Waals surface area (Å²) in [6.07, 6.45) is 0. The van der Waals surface area contributed by atoms with Gasteiger partial charge in [-0.1, -0.05) is 35.9 Å². The molecule has 0 amide bonds. The van der Waals surface area contributed by atoms with Crippen LogP contribution in [0.4, 0.5) is 0 Å². The van der Waals surface area contributed by atoms with Crippen LogP contribution in [0.25, 0.3) is 0 Å². The molecule has 2 aromatic rings. The van der Waals surface area contributed by atoms with Crippen molar-refractivity contribution in [3.05, 3.63) is 64.7 Å². The van der Waals surface area contributed by atoms with Gasteiger partial charge in [-0.15, -0.1) is 0 Å². The second kappa shape index (κ2) is 5.71. The Morgan fingerprint density at radius 1 is 0.941 bits per heavy atom. The van der Waals surface area contributed by atoms with Gasteiger partial charge in [0, 0.05) is 18.1 Å². The normalized spacial score (nSPS) is 10.4. The summed E-state index contributed by atoms with van der Waals surface area (Å²) in [5.74, 6) is 0.298. The van der Waals surface area contributed by atoms with Gasteiger partial charge in [0.15, 0.2) is 0 Å². The van der Waals surface area contributed by atoms with E-state index in [0.29, 0.717) is 5.75 Å². The minimum Gasteiger partial charge on any atom is -0.508 e. The lowest BCUT2D eigenvalue weighted by Gasteiger charge is -2.05. The molecule has 0 aliphatic carbocycles. The van der Waals surface area contributed by atoms with Crippen LogP contribution in [0.15, 0.2) is 48.5 Å². The number of hydrogen-bond donors (Lipinski definition) is 2. The van der Waals surface area contributed by atoms with Crippen LogP contribution in [0.5, 0.6) is 5.75 Å². The van der Waals surface area contributed by atoms with Crippen LogP contribution in [0.1, 0.15) is 11.1 Å². The largest absolute Gasteiger partial charge is 0.508 e. The third-order valence-corrected chi connectivity index (χ3v) is 2.69. The fourth-order valence-corrected chi connectivity index (χ4v) is 1.88. The molecule has 88 valence electrons. The molecule has 0 atom stereocenters. The number of halogens is 1. The van der Waals surface area contributed by atoms with Crippen LogP contribution < -0.4 is 5.32 Å². The number of phenols is 1. The molecule has 0 saturated carbocycles. The van der Waals surface area contributed by atoms with Crippen LogP contribution in [0, 0.1) is 0 Å². The van der Waals surface area contributed by atoms with E-state index < -0.39 is 0 Å². The van der Waals surface area contributed by atoms with E-state index in [-0.39, 0.29) is 0 Å². The molecule has 2 N–H and O–H groups in total. The molecule has 2 nitrogen and oxygen atoms in total. The lowest BCUT2D eigenvalue weighted by molar-refractivity contribution is 0.474. The molecule has 17 heavy (non-hydrogen) atoms. The first-order valence-corrected chi connectivity index (χ1v) is 5.85. The van der Waals surface area contributed by atoms with Crippen LogP contribution in [0.2, 0.25) is 5.02 Å². The molecule has 0 radical (unpaired) electrons. The summed E-state index contributed by atoms with van der Waals surface area (Å²) in [7, 11) is 0. The zero-order chi connectivity index (χ0) is 12.1. The molecule has 0 aliphatic heterocycles. The number of benzene rings is 2. The molecule has 0 unspecified atom stereocenters. The molecule has 0 aromatic heterocycles. The van der Waals surface area contributed by atoms with E-state index >= 15 is 0 Å². The zero-order valence-corrected chi connectivity index (χ0v) is 10.1. The van der Waals surface area contributed by atoms with Gasteiger partial charge in [-0.05, 0) is 35.4 Å². The highest BCUT2D eigenvalue weighted by Crippen LogP contribution is 2.12. The van der Waals surface area contributed by atoms with Crippen LogP contribution >= 0.6 is 11.6 Å². The molecule has 0 spiro atoms. The summed E-state index contributed by atoms with van der Waals surface area (Å²) in [6.45, 7) is 1.48. The Kier molecular flexibility index (Phi) is 4.02. The van der Waals surface area contributed by atoms with Crippen LogP contribution in [0.3, 0.4) is 0 Å². The Labute approximate surface area is 106 Å². The van der Waals surface area contributed by atoms with Gasteiger partial charge < -0.3 is 10.4 Å². The average molecular weight is 248 g/mol. The summed E-state index contributed by atoms with van der Waals surface area (Å²) < 4.78 is 0. The van der Waals surface area contributed by atoms with Crippen molar-refractivity contribution in [1.29, 1.82) is 0 Å². The summed E-state index contributed by atoms with van der Waals surface area (Å²) >= 11 is 5.90. The van der Waals surface area contributed by atoms with E-state index in [4.69, 9.17) is 11.6 Å². The van der Waals surface area contributed by atoms with Gasteiger partial charge in [-0.3, -0.25) is 0 Å². The van der Waals surface area contributed by atoms with Crippen LogP contribution in [-0.2, 0) is 13.1 Å². The van der Waals surface area contributed by atoms with E-state index in [9.17, 15) is 5.11 Å². The Hall–Kier alpha value is -1.51. The van der Waals surface area contributed by atoms with E-state index in [2.05, 4.69) is 5.32 Å². The zero-order valence-electron chi connectivity index (χ0n) is 9.36. The monoisotopic (exact) mass is 247 g/mol. The Balaban J connectivity index is 1.87. The van der Waals surface area contributed by atoms with E-state index in [0.717, 1.165) is 29.2 Å². The second-order valence-electron chi connectivity index (χ2n) is 3.90. The second-order valence-corrected chi connectivity index (χ2v) is 4.34. The van der Waals surface area contributed by atoms with Crippen molar-refractivity contribution >= 4 is 11.6 Å². The van der Waals surface area contributed by atoms with Gasteiger partial charge >= 0.3 is 0 Å². The Morgan fingerprint density at radius 2 is 1.59 bits per heavy atom. The minimum atomic E-state index is 0.298. The fourth-order valence-electron chi connectivity index (χ4n) is 1.66. The van der Waals surface area contributed by atoms with Crippen molar-refractivity contribution in [3.63, 3.8) is 0 Å². The van der Waals surface area contributed by atoms with Gasteiger partial charge in [0.25, 0.3) is 0 Å². The number of nitrogens with one attached hydrogen (secondary N) is 1. The number of phenolic OH excluding ortho intramolecular Hbond substituents is 1. The Bertz CT molecular complexity index is 454. The summed E-state index contributed by atoms with van der Waals surface area (Å²) in [5.41, 5.74) is 2.21. The Morgan fingerprint density at radius 3 is 2.24 bits per heavy atom. The molecule has 3 heteroatoms. The van der Waals surface area contributed by atoms with Gasteiger partial charge in [-0.25, -0.2) is 0 Å². The van der Waals surface area contributed by atoms with E-state index in [1.165, 1.54) is 0 Å². The molecular formula is C14H14ClNO. The predicted molar refractivity (Wildman–Crippen MR) is 70.1 cm³/mol. The lowest BCUT2D eigenvalue weighted by atomic mass is 10.2. The van der Waals surface area contributed by atoms with Gasteiger partial charge in [-0.2, -0.15) is 0 Å². The van der Waals surface area contributed by atoms with Crippen molar-refractivity contribution in [2.24, 2.45) is 0 Å². The lowest BCUT2D eigenvalue weighted by Crippen LogP contribution is -2.12. The number of rotatable bonds is 4. The van der Waals surface area contributed by atoms with Crippen molar-refractivity contribution in [2.45, 2.75) is 13.1 Å². The summed E-state index contributed by atoms with van der Waals surface area (Å²) in [4.78, 5) is 0. The molecule has 0 bridgehead atoms. The van der Waals surface area contributed by atoms with Gasteiger partial charge in [0.2, 0.25) is 0 Å². The molecule has 0 saturated heterocycles. The first-order chi connectivity index (χ1) is 8.24. The molecule has 2 rings (SSSR count). The first kappa shape index (κ1) is 12.0. The fraction of sp³-hybridized carbons (Fsp3) is 0.143.